The van der Waals surface area contributed by atoms with Crippen molar-refractivity contribution in [3.8, 4) is 0 Å². The number of piperidine rings is 2. The van der Waals surface area contributed by atoms with E-state index >= 15 is 0 Å². The number of rotatable bonds is 4. The topological polar surface area (TPSA) is 74.8 Å². The van der Waals surface area contributed by atoms with Gasteiger partial charge >= 0.3 is 0 Å². The summed E-state index contributed by atoms with van der Waals surface area (Å²) in [6.07, 6.45) is 3.69. The molecule has 0 aliphatic carbocycles. The number of nitrogens with zero attached hydrogens (tertiary/aromatic N) is 2. The van der Waals surface area contributed by atoms with E-state index in [0.29, 0.717) is 23.9 Å². The van der Waals surface area contributed by atoms with Crippen molar-refractivity contribution in [3.05, 3.63) is 36.4 Å². The fourth-order valence-electron chi connectivity index (χ4n) is 5.23. The van der Waals surface area contributed by atoms with Gasteiger partial charge in [0.2, 0.25) is 20.0 Å². The zero-order valence-electron chi connectivity index (χ0n) is 19.4. The van der Waals surface area contributed by atoms with Gasteiger partial charge in [0.05, 0.1) is 9.79 Å². The van der Waals surface area contributed by atoms with Gasteiger partial charge < -0.3 is 0 Å². The van der Waals surface area contributed by atoms with Crippen molar-refractivity contribution >= 4 is 30.8 Å². The molecule has 2 aliphatic rings. The van der Waals surface area contributed by atoms with E-state index in [0.717, 1.165) is 25.7 Å². The molecule has 176 valence electrons. The second-order valence-electron chi connectivity index (χ2n) is 9.56. The van der Waals surface area contributed by atoms with E-state index in [1.54, 1.807) is 45.0 Å². The second-order valence-corrected chi connectivity index (χ2v) is 13.3. The standard InChI is InChI=1S/C24H34N2O4S2/c1-17-9-7-15-25(19(17)3)31(27,28)23-13-5-12-22-21(23)11-6-14-24(22)32(29,30)26-16-8-10-18(2)20(26)4/h5-6,11-14,17-20H,7-10,15-16H2,1-4H3/t17-,18+,19-,20-/m0/s1. The first-order valence-electron chi connectivity index (χ1n) is 11.6. The Kier molecular flexibility index (Phi) is 6.44. The van der Waals surface area contributed by atoms with Gasteiger partial charge in [-0.1, -0.05) is 38.1 Å². The highest BCUT2D eigenvalue weighted by Gasteiger charge is 2.37. The summed E-state index contributed by atoms with van der Waals surface area (Å²) in [7, 11) is -7.50. The van der Waals surface area contributed by atoms with Gasteiger partial charge in [0.25, 0.3) is 0 Å². The van der Waals surface area contributed by atoms with E-state index in [1.165, 1.54) is 0 Å². The molecule has 0 radical (unpaired) electrons. The molecule has 0 amide bonds. The fraction of sp³-hybridized carbons (Fsp3) is 0.583. The Bertz CT molecular complexity index is 1110. The number of fused-ring (bicyclic) bond motifs is 1. The molecular formula is C24H34N2O4S2. The quantitative estimate of drug-likeness (QED) is 0.650. The summed E-state index contributed by atoms with van der Waals surface area (Å²) in [5, 5.41) is 0.938. The van der Waals surface area contributed by atoms with Crippen LogP contribution in [0, 0.1) is 11.8 Å². The van der Waals surface area contributed by atoms with Gasteiger partial charge in [-0.3, -0.25) is 0 Å². The Labute approximate surface area is 192 Å². The van der Waals surface area contributed by atoms with Crippen molar-refractivity contribution in [3.63, 3.8) is 0 Å². The molecule has 2 aliphatic heterocycles. The van der Waals surface area contributed by atoms with Gasteiger partial charge in [0.1, 0.15) is 0 Å². The molecule has 0 spiro atoms. The summed E-state index contributed by atoms with van der Waals surface area (Å²) in [6, 6.07) is 9.79. The van der Waals surface area contributed by atoms with Crippen molar-refractivity contribution < 1.29 is 16.8 Å². The number of hydrogen-bond donors (Lipinski definition) is 0. The van der Waals surface area contributed by atoms with E-state index in [1.807, 2.05) is 13.8 Å². The van der Waals surface area contributed by atoms with Gasteiger partial charge in [0, 0.05) is 35.9 Å². The molecule has 2 fully saturated rings. The molecule has 2 aromatic carbocycles. The maximum atomic E-state index is 13.7. The third-order valence-electron chi connectivity index (χ3n) is 7.65. The van der Waals surface area contributed by atoms with Crippen LogP contribution in [0.15, 0.2) is 46.2 Å². The van der Waals surface area contributed by atoms with Gasteiger partial charge in [-0.05, 0) is 63.5 Å². The van der Waals surface area contributed by atoms with Gasteiger partial charge in [-0.15, -0.1) is 0 Å². The third-order valence-corrected chi connectivity index (χ3v) is 11.7. The van der Waals surface area contributed by atoms with Crippen molar-refractivity contribution in [2.45, 2.75) is 75.3 Å². The van der Waals surface area contributed by atoms with E-state index in [9.17, 15) is 16.8 Å². The van der Waals surface area contributed by atoms with E-state index in [2.05, 4.69) is 13.8 Å². The normalized spacial score (nSPS) is 28.8. The zero-order chi connectivity index (χ0) is 23.3. The molecule has 0 bridgehead atoms. The van der Waals surface area contributed by atoms with Crippen molar-refractivity contribution in [2.24, 2.45) is 11.8 Å². The minimum Gasteiger partial charge on any atom is -0.207 e. The van der Waals surface area contributed by atoms with Gasteiger partial charge in [-0.25, -0.2) is 16.8 Å². The first kappa shape index (κ1) is 23.7. The van der Waals surface area contributed by atoms with Crippen LogP contribution < -0.4 is 0 Å². The molecule has 0 unspecified atom stereocenters. The zero-order valence-corrected chi connectivity index (χ0v) is 21.0. The Morgan fingerprint density at radius 1 is 0.656 bits per heavy atom. The highest BCUT2D eigenvalue weighted by molar-refractivity contribution is 7.89. The van der Waals surface area contributed by atoms with Crippen LogP contribution in [0.3, 0.4) is 0 Å². The van der Waals surface area contributed by atoms with Crippen LogP contribution in [0.5, 0.6) is 0 Å². The summed E-state index contributed by atoms with van der Waals surface area (Å²) in [5.41, 5.74) is 0. The van der Waals surface area contributed by atoms with Crippen LogP contribution in [-0.2, 0) is 20.0 Å². The summed E-state index contributed by atoms with van der Waals surface area (Å²) in [4.78, 5) is 0.376. The van der Waals surface area contributed by atoms with E-state index in [-0.39, 0.29) is 33.7 Å². The lowest BCUT2D eigenvalue weighted by atomic mass is 9.94. The number of hydrogen-bond acceptors (Lipinski definition) is 4. The fourth-order valence-corrected chi connectivity index (χ4v) is 9.18. The molecule has 2 heterocycles. The molecule has 8 heteroatoms. The average Bonchev–Trinajstić information content (AvgIpc) is 2.76. The van der Waals surface area contributed by atoms with Crippen LogP contribution >= 0.6 is 0 Å². The maximum Gasteiger partial charge on any atom is 0.243 e. The van der Waals surface area contributed by atoms with Crippen molar-refractivity contribution in [1.29, 1.82) is 0 Å². The molecule has 0 saturated carbocycles. The highest BCUT2D eigenvalue weighted by Crippen LogP contribution is 2.36. The molecule has 0 aromatic heterocycles. The SMILES string of the molecule is C[C@@H]1CCCN(S(=O)(=O)c2cccc3c(S(=O)(=O)N4CCC[C@H](C)[C@@H]4C)cccc23)[C@H]1C. The first-order chi connectivity index (χ1) is 15.1. The third kappa shape index (κ3) is 3.89. The van der Waals surface area contributed by atoms with E-state index < -0.39 is 20.0 Å². The Morgan fingerprint density at radius 3 is 1.41 bits per heavy atom. The van der Waals surface area contributed by atoms with Gasteiger partial charge in [0.15, 0.2) is 0 Å². The largest absolute Gasteiger partial charge is 0.243 e. The minimum absolute atomic E-state index is 0.0911. The predicted octanol–water partition coefficient (Wildman–Crippen LogP) is 4.46. The molecule has 32 heavy (non-hydrogen) atoms. The monoisotopic (exact) mass is 478 g/mol. The molecular weight excluding hydrogens is 444 g/mol. The van der Waals surface area contributed by atoms with Crippen LogP contribution in [-0.4, -0.2) is 50.6 Å². The minimum atomic E-state index is -3.75. The molecule has 2 saturated heterocycles. The first-order valence-corrected chi connectivity index (χ1v) is 14.5. The number of sulfonamides is 2. The Balaban J connectivity index is 1.84. The van der Waals surface area contributed by atoms with E-state index in [4.69, 9.17) is 0 Å². The highest BCUT2D eigenvalue weighted by atomic mass is 32.2. The summed E-state index contributed by atoms with van der Waals surface area (Å²) in [5.74, 6) is 0.569. The second kappa shape index (κ2) is 8.70. The van der Waals surface area contributed by atoms with Crippen LogP contribution in [0.25, 0.3) is 10.8 Å². The van der Waals surface area contributed by atoms with Crippen LogP contribution in [0.1, 0.15) is 53.4 Å². The Morgan fingerprint density at radius 2 is 1.03 bits per heavy atom. The van der Waals surface area contributed by atoms with Gasteiger partial charge in [-0.2, -0.15) is 8.61 Å². The smallest absolute Gasteiger partial charge is 0.207 e. The molecule has 4 atom stereocenters. The van der Waals surface area contributed by atoms with Crippen LogP contribution in [0.2, 0.25) is 0 Å². The summed E-state index contributed by atoms with van der Waals surface area (Å²) >= 11 is 0. The maximum absolute atomic E-state index is 13.7. The van der Waals surface area contributed by atoms with Crippen LogP contribution in [0.4, 0.5) is 0 Å². The lowest BCUT2D eigenvalue weighted by molar-refractivity contribution is 0.202. The van der Waals surface area contributed by atoms with Crippen molar-refractivity contribution in [1.82, 2.24) is 8.61 Å². The Hall–Kier alpha value is -1.48. The molecule has 2 aromatic rings. The molecule has 4 rings (SSSR count). The lowest BCUT2D eigenvalue weighted by Gasteiger charge is -2.37. The number of benzene rings is 2. The lowest BCUT2D eigenvalue weighted by Crippen LogP contribution is -2.46. The molecule has 6 nitrogen and oxygen atoms in total. The summed E-state index contributed by atoms with van der Waals surface area (Å²) < 4.78 is 57.9. The van der Waals surface area contributed by atoms with Crippen molar-refractivity contribution in [2.75, 3.05) is 13.1 Å². The predicted molar refractivity (Wildman–Crippen MR) is 127 cm³/mol. The molecule has 0 N–H and O–H groups in total. The average molecular weight is 479 g/mol. The summed E-state index contributed by atoms with van der Waals surface area (Å²) in [6.45, 7) is 9.07.